The monoisotopic (exact) mass is 266 g/mol. The maximum Gasteiger partial charge on any atom is 0.345 e. The molecule has 19 heavy (non-hydrogen) atoms. The zero-order valence-corrected chi connectivity index (χ0v) is 11.5. The van der Waals surface area contributed by atoms with Gasteiger partial charge in [0, 0.05) is 31.0 Å². The maximum atomic E-state index is 11.7. The number of hydrogen-bond donors (Lipinski definition) is 2. The van der Waals surface area contributed by atoms with E-state index in [1.54, 1.807) is 27.9 Å². The van der Waals surface area contributed by atoms with Crippen LogP contribution in [-0.4, -0.2) is 47.3 Å². The highest BCUT2D eigenvalue weighted by Gasteiger charge is 2.12. The van der Waals surface area contributed by atoms with E-state index in [0.717, 1.165) is 0 Å². The second-order valence-corrected chi connectivity index (χ2v) is 4.47. The average Bonchev–Trinajstić information content (AvgIpc) is 2.30. The van der Waals surface area contributed by atoms with Gasteiger partial charge in [0.05, 0.1) is 13.0 Å². The molecule has 0 unspecified atom stereocenters. The minimum absolute atomic E-state index is 0.0410. The van der Waals surface area contributed by atoms with Crippen LogP contribution in [0.1, 0.15) is 17.0 Å². The molecule has 104 valence electrons. The number of nitrogens with one attached hydrogen (secondary N) is 2. The van der Waals surface area contributed by atoms with E-state index in [1.165, 1.54) is 4.90 Å². The van der Waals surface area contributed by atoms with E-state index < -0.39 is 5.69 Å². The van der Waals surface area contributed by atoms with Crippen molar-refractivity contribution in [2.45, 2.75) is 20.3 Å². The zero-order chi connectivity index (χ0) is 14.6. The molecule has 1 rings (SSSR count). The Hall–Kier alpha value is -2.18. The molecule has 1 aromatic rings. The predicted octanol–water partition coefficient (Wildman–Crippen LogP) is -0.866. The van der Waals surface area contributed by atoms with Crippen LogP contribution in [0, 0.1) is 13.8 Å². The predicted molar refractivity (Wildman–Crippen MR) is 69.7 cm³/mol. The molecule has 0 spiro atoms. The van der Waals surface area contributed by atoms with Gasteiger partial charge in [-0.25, -0.2) is 4.79 Å². The number of aryl methyl sites for hydroxylation is 2. The van der Waals surface area contributed by atoms with Crippen LogP contribution < -0.4 is 11.0 Å². The first-order chi connectivity index (χ1) is 8.81. The molecule has 0 atom stereocenters. The van der Waals surface area contributed by atoms with Crippen molar-refractivity contribution in [2.75, 3.05) is 20.6 Å². The quantitative estimate of drug-likeness (QED) is 0.741. The Balaban J connectivity index is 2.68. The van der Waals surface area contributed by atoms with Crippen LogP contribution >= 0.6 is 0 Å². The molecule has 7 nitrogen and oxygen atoms in total. The fourth-order valence-corrected chi connectivity index (χ4v) is 1.57. The summed E-state index contributed by atoms with van der Waals surface area (Å²) in [4.78, 5) is 41.9. The lowest BCUT2D eigenvalue weighted by molar-refractivity contribution is -0.130. The Morgan fingerprint density at radius 2 is 1.95 bits per heavy atom. The SMILES string of the molecule is Cc1nc(=O)[nH]c(C)c1CC(=O)NCC(=O)N(C)C. The van der Waals surface area contributed by atoms with Crippen molar-refractivity contribution in [3.05, 3.63) is 27.4 Å². The minimum atomic E-state index is -0.429. The normalized spacial score (nSPS) is 10.1. The van der Waals surface area contributed by atoms with Gasteiger partial charge >= 0.3 is 5.69 Å². The van der Waals surface area contributed by atoms with E-state index in [1.807, 2.05) is 0 Å². The smallest absolute Gasteiger partial charge is 0.345 e. The van der Waals surface area contributed by atoms with Crippen molar-refractivity contribution in [3.8, 4) is 0 Å². The van der Waals surface area contributed by atoms with Gasteiger partial charge in [0.1, 0.15) is 0 Å². The standard InChI is InChI=1S/C12H18N4O3/c1-7-9(8(2)15-12(19)14-7)5-10(17)13-6-11(18)16(3)4/h5-6H2,1-4H3,(H,13,17)(H,14,15,19). The summed E-state index contributed by atoms with van der Waals surface area (Å²) >= 11 is 0. The van der Waals surface area contributed by atoms with Crippen LogP contribution in [0.25, 0.3) is 0 Å². The molecule has 0 fully saturated rings. The summed E-state index contributed by atoms with van der Waals surface area (Å²) in [5.41, 5.74) is 1.39. The molecule has 0 bridgehead atoms. The fourth-order valence-electron chi connectivity index (χ4n) is 1.57. The Morgan fingerprint density at radius 1 is 1.32 bits per heavy atom. The number of aromatic amines is 1. The molecule has 7 heteroatoms. The Labute approximate surface area is 111 Å². The van der Waals surface area contributed by atoms with Crippen LogP contribution in [0.2, 0.25) is 0 Å². The number of likely N-dealkylation sites (N-methyl/N-ethyl adjacent to an activating group) is 1. The lowest BCUT2D eigenvalue weighted by atomic mass is 10.1. The van der Waals surface area contributed by atoms with E-state index >= 15 is 0 Å². The van der Waals surface area contributed by atoms with Crippen molar-refractivity contribution in [2.24, 2.45) is 0 Å². The lowest BCUT2D eigenvalue weighted by Crippen LogP contribution is -2.37. The second kappa shape index (κ2) is 6.12. The van der Waals surface area contributed by atoms with Crippen LogP contribution in [0.5, 0.6) is 0 Å². The Kier molecular flexibility index (Phi) is 4.80. The van der Waals surface area contributed by atoms with Gasteiger partial charge in [-0.1, -0.05) is 0 Å². The fraction of sp³-hybridized carbons (Fsp3) is 0.500. The molecule has 0 aromatic carbocycles. The topological polar surface area (TPSA) is 95.2 Å². The summed E-state index contributed by atoms with van der Waals surface area (Å²) < 4.78 is 0. The molecular weight excluding hydrogens is 248 g/mol. The number of rotatable bonds is 4. The van der Waals surface area contributed by atoms with E-state index in [-0.39, 0.29) is 24.8 Å². The second-order valence-electron chi connectivity index (χ2n) is 4.47. The van der Waals surface area contributed by atoms with Crippen molar-refractivity contribution in [1.29, 1.82) is 0 Å². The summed E-state index contributed by atoms with van der Waals surface area (Å²) in [5.74, 6) is -0.461. The van der Waals surface area contributed by atoms with E-state index in [0.29, 0.717) is 17.0 Å². The van der Waals surface area contributed by atoms with Gasteiger partial charge in [-0.05, 0) is 13.8 Å². The molecule has 0 aliphatic rings. The number of nitrogens with zero attached hydrogens (tertiary/aromatic N) is 2. The van der Waals surface area contributed by atoms with E-state index in [4.69, 9.17) is 0 Å². The third-order valence-electron chi connectivity index (χ3n) is 2.73. The first-order valence-electron chi connectivity index (χ1n) is 5.84. The number of aromatic nitrogens is 2. The van der Waals surface area contributed by atoms with Gasteiger partial charge in [-0.3, -0.25) is 9.59 Å². The Morgan fingerprint density at radius 3 is 2.47 bits per heavy atom. The van der Waals surface area contributed by atoms with Crippen LogP contribution in [-0.2, 0) is 16.0 Å². The molecule has 1 heterocycles. The molecule has 0 aliphatic carbocycles. The van der Waals surface area contributed by atoms with Crippen molar-refractivity contribution >= 4 is 11.8 Å². The van der Waals surface area contributed by atoms with Gasteiger partial charge in [0.15, 0.2) is 0 Å². The summed E-state index contributed by atoms with van der Waals surface area (Å²) in [6, 6.07) is 0. The summed E-state index contributed by atoms with van der Waals surface area (Å²) in [6.07, 6.45) is 0.0855. The van der Waals surface area contributed by atoms with Crippen LogP contribution in [0.3, 0.4) is 0 Å². The van der Waals surface area contributed by atoms with Crippen LogP contribution in [0.15, 0.2) is 4.79 Å². The molecule has 0 aliphatic heterocycles. The van der Waals surface area contributed by atoms with E-state index in [2.05, 4.69) is 15.3 Å². The summed E-state index contributed by atoms with van der Waals surface area (Å²) in [7, 11) is 3.24. The van der Waals surface area contributed by atoms with Crippen molar-refractivity contribution in [1.82, 2.24) is 20.2 Å². The van der Waals surface area contributed by atoms with Gasteiger partial charge in [0.25, 0.3) is 0 Å². The molecule has 0 radical (unpaired) electrons. The van der Waals surface area contributed by atoms with Gasteiger partial charge in [-0.15, -0.1) is 0 Å². The van der Waals surface area contributed by atoms with Crippen LogP contribution in [0.4, 0.5) is 0 Å². The highest BCUT2D eigenvalue weighted by molar-refractivity contribution is 5.85. The number of carbonyl (C=O) groups excluding carboxylic acids is 2. The number of amides is 2. The first-order valence-corrected chi connectivity index (χ1v) is 5.84. The lowest BCUT2D eigenvalue weighted by Gasteiger charge is -2.12. The molecule has 2 N–H and O–H groups in total. The summed E-state index contributed by atoms with van der Waals surface area (Å²) in [6.45, 7) is 3.35. The van der Waals surface area contributed by atoms with Gasteiger partial charge in [-0.2, -0.15) is 4.98 Å². The number of H-pyrrole nitrogens is 1. The average molecular weight is 266 g/mol. The van der Waals surface area contributed by atoms with Crippen molar-refractivity contribution < 1.29 is 9.59 Å². The number of hydrogen-bond acceptors (Lipinski definition) is 4. The van der Waals surface area contributed by atoms with Gasteiger partial charge in [0.2, 0.25) is 11.8 Å². The minimum Gasteiger partial charge on any atom is -0.347 e. The maximum absolute atomic E-state index is 11.7. The molecule has 2 amide bonds. The summed E-state index contributed by atoms with van der Waals surface area (Å²) in [5, 5.41) is 2.53. The third kappa shape index (κ3) is 4.20. The van der Waals surface area contributed by atoms with Crippen molar-refractivity contribution in [3.63, 3.8) is 0 Å². The first kappa shape index (κ1) is 14.9. The molecular formula is C12H18N4O3. The molecule has 0 saturated carbocycles. The van der Waals surface area contributed by atoms with E-state index in [9.17, 15) is 14.4 Å². The largest absolute Gasteiger partial charge is 0.347 e. The van der Waals surface area contributed by atoms with Gasteiger partial charge < -0.3 is 15.2 Å². The molecule has 1 aromatic heterocycles. The third-order valence-corrected chi connectivity index (χ3v) is 2.73. The Bertz CT molecular complexity index is 522. The molecule has 0 saturated heterocycles. The highest BCUT2D eigenvalue weighted by atomic mass is 16.2. The zero-order valence-electron chi connectivity index (χ0n) is 11.5. The number of carbonyl (C=O) groups is 2. The highest BCUT2D eigenvalue weighted by Crippen LogP contribution is 2.07.